The summed E-state index contributed by atoms with van der Waals surface area (Å²) in [5, 5.41) is 1.21. The van der Waals surface area contributed by atoms with Crippen molar-refractivity contribution in [2.45, 2.75) is 39.3 Å². The number of aryl methyl sites for hydroxylation is 1. The molecule has 1 atom stereocenters. The highest BCUT2D eigenvalue weighted by Crippen LogP contribution is 2.34. The molecule has 0 bridgehead atoms. The summed E-state index contributed by atoms with van der Waals surface area (Å²) >= 11 is 0. The molecular weight excluding hydrogens is 414 g/mol. The number of hydrogen-bond donors (Lipinski definition) is 1. The van der Waals surface area contributed by atoms with Crippen LogP contribution in [0.2, 0.25) is 0 Å². The fourth-order valence-corrected chi connectivity index (χ4v) is 5.03. The molecule has 0 saturated carbocycles. The van der Waals surface area contributed by atoms with Crippen LogP contribution in [0.15, 0.2) is 42.6 Å². The van der Waals surface area contributed by atoms with Gasteiger partial charge in [0.2, 0.25) is 0 Å². The number of hydrogen-bond acceptors (Lipinski definition) is 5. The molecule has 1 aromatic heterocycles. The smallest absolute Gasteiger partial charge is 0.337 e. The Labute approximate surface area is 196 Å². The molecule has 0 aliphatic carbocycles. The van der Waals surface area contributed by atoms with Gasteiger partial charge in [0.05, 0.1) is 19.8 Å². The van der Waals surface area contributed by atoms with E-state index in [9.17, 15) is 4.79 Å². The average molecular weight is 450 g/mol. The molecule has 176 valence electrons. The van der Waals surface area contributed by atoms with Gasteiger partial charge in [-0.15, -0.1) is 0 Å². The molecule has 3 aromatic rings. The second-order valence-electron chi connectivity index (χ2n) is 8.84. The largest absolute Gasteiger partial charge is 0.496 e. The Morgan fingerprint density at radius 2 is 1.88 bits per heavy atom. The van der Waals surface area contributed by atoms with Crippen molar-refractivity contribution in [3.05, 3.63) is 64.8 Å². The molecule has 0 radical (unpaired) electrons. The first-order valence-corrected chi connectivity index (χ1v) is 11.8. The molecule has 0 spiro atoms. The standard InChI is InChI=1S/C27H35N3O3/c1-5-30(17-23-22-12-13-28-26(22)19(2)16-25(23)32-3)24(18-29-14-6-7-15-29)20-8-10-21(11-9-20)27(31)33-4/h8-13,16,24,28H,5-7,14-15,17-18H2,1-4H3. The maximum Gasteiger partial charge on any atom is 0.337 e. The van der Waals surface area contributed by atoms with Crippen LogP contribution in [0.1, 0.15) is 52.9 Å². The molecule has 4 rings (SSSR count). The van der Waals surface area contributed by atoms with Gasteiger partial charge in [-0.2, -0.15) is 0 Å². The zero-order valence-corrected chi connectivity index (χ0v) is 20.2. The van der Waals surface area contributed by atoms with Crippen LogP contribution < -0.4 is 4.74 Å². The maximum absolute atomic E-state index is 11.9. The van der Waals surface area contributed by atoms with E-state index < -0.39 is 0 Å². The van der Waals surface area contributed by atoms with E-state index in [4.69, 9.17) is 9.47 Å². The summed E-state index contributed by atoms with van der Waals surface area (Å²) in [4.78, 5) is 20.4. The lowest BCUT2D eigenvalue weighted by Crippen LogP contribution is -2.37. The Hall–Kier alpha value is -2.83. The molecule has 1 saturated heterocycles. The van der Waals surface area contributed by atoms with Crippen molar-refractivity contribution in [1.82, 2.24) is 14.8 Å². The third kappa shape index (κ3) is 4.92. The lowest BCUT2D eigenvalue weighted by Gasteiger charge is -2.34. The predicted molar refractivity (Wildman–Crippen MR) is 132 cm³/mol. The minimum Gasteiger partial charge on any atom is -0.496 e. The van der Waals surface area contributed by atoms with Crippen molar-refractivity contribution in [3.8, 4) is 5.75 Å². The maximum atomic E-state index is 11.9. The summed E-state index contributed by atoms with van der Waals surface area (Å²) in [5.74, 6) is 0.628. The predicted octanol–water partition coefficient (Wildman–Crippen LogP) is 4.93. The second-order valence-corrected chi connectivity index (χ2v) is 8.84. The monoisotopic (exact) mass is 449 g/mol. The highest BCUT2D eigenvalue weighted by atomic mass is 16.5. The number of carbonyl (C=O) groups excluding carboxylic acids is 1. The number of rotatable bonds is 9. The molecule has 1 N–H and O–H groups in total. The van der Waals surface area contributed by atoms with Gasteiger partial charge in [0.15, 0.2) is 0 Å². The van der Waals surface area contributed by atoms with E-state index in [1.807, 2.05) is 18.3 Å². The van der Waals surface area contributed by atoms with Gasteiger partial charge < -0.3 is 19.4 Å². The Morgan fingerprint density at radius 1 is 1.15 bits per heavy atom. The van der Waals surface area contributed by atoms with Gasteiger partial charge in [0.1, 0.15) is 5.75 Å². The minimum absolute atomic E-state index is 0.208. The SMILES string of the molecule is CCN(Cc1c(OC)cc(C)c2[nH]ccc12)C(CN1CCCC1)c1ccc(C(=O)OC)cc1. The number of nitrogens with one attached hydrogen (secondary N) is 1. The number of ether oxygens (including phenoxy) is 2. The number of methoxy groups -OCH3 is 2. The Kier molecular flexibility index (Phi) is 7.36. The van der Waals surface area contributed by atoms with Crippen LogP contribution in [-0.2, 0) is 11.3 Å². The highest BCUT2D eigenvalue weighted by Gasteiger charge is 2.26. The highest BCUT2D eigenvalue weighted by molar-refractivity contribution is 5.89. The van der Waals surface area contributed by atoms with Gasteiger partial charge in [-0.05, 0) is 74.8 Å². The lowest BCUT2D eigenvalue weighted by atomic mass is 10.00. The third-order valence-electron chi connectivity index (χ3n) is 6.89. The number of benzene rings is 2. The Bertz CT molecular complexity index is 1080. The number of likely N-dealkylation sites (N-methyl/N-ethyl adjacent to an activating group) is 1. The van der Waals surface area contributed by atoms with E-state index in [1.54, 1.807) is 7.11 Å². The van der Waals surface area contributed by atoms with Crippen LogP contribution in [0.4, 0.5) is 0 Å². The summed E-state index contributed by atoms with van der Waals surface area (Å²) in [6.07, 6.45) is 4.52. The van der Waals surface area contributed by atoms with E-state index in [2.05, 4.69) is 52.9 Å². The summed E-state index contributed by atoms with van der Waals surface area (Å²) in [5.41, 5.74) is 5.36. The molecule has 2 heterocycles. The minimum atomic E-state index is -0.302. The number of fused-ring (bicyclic) bond motifs is 1. The number of esters is 1. The Balaban J connectivity index is 1.69. The van der Waals surface area contributed by atoms with Gasteiger partial charge in [-0.25, -0.2) is 4.79 Å². The van der Waals surface area contributed by atoms with Gasteiger partial charge in [-0.3, -0.25) is 4.90 Å². The average Bonchev–Trinajstić information content (AvgIpc) is 3.54. The topological polar surface area (TPSA) is 57.8 Å². The second kappa shape index (κ2) is 10.4. The molecule has 1 fully saturated rings. The van der Waals surface area contributed by atoms with E-state index >= 15 is 0 Å². The number of H-pyrrole nitrogens is 1. The molecule has 1 aliphatic heterocycles. The van der Waals surface area contributed by atoms with Gasteiger partial charge in [-0.1, -0.05) is 19.1 Å². The summed E-state index contributed by atoms with van der Waals surface area (Å²) in [7, 11) is 3.17. The fraction of sp³-hybridized carbons (Fsp3) is 0.444. The molecule has 33 heavy (non-hydrogen) atoms. The van der Waals surface area contributed by atoms with E-state index in [0.717, 1.165) is 38.5 Å². The first-order valence-electron chi connectivity index (χ1n) is 11.8. The first-order chi connectivity index (χ1) is 16.0. The Morgan fingerprint density at radius 3 is 2.52 bits per heavy atom. The summed E-state index contributed by atoms with van der Waals surface area (Å²) in [6, 6.07) is 12.4. The fourth-order valence-electron chi connectivity index (χ4n) is 5.03. The number of aromatic nitrogens is 1. The van der Waals surface area contributed by atoms with E-state index in [1.165, 1.54) is 47.5 Å². The molecule has 6 heteroatoms. The molecule has 1 unspecified atom stereocenters. The van der Waals surface area contributed by atoms with E-state index in [-0.39, 0.29) is 12.0 Å². The number of likely N-dealkylation sites (tertiary alicyclic amines) is 1. The number of nitrogens with zero attached hydrogens (tertiary/aromatic N) is 2. The van der Waals surface area contributed by atoms with Crippen molar-refractivity contribution in [1.29, 1.82) is 0 Å². The van der Waals surface area contributed by atoms with Gasteiger partial charge in [0.25, 0.3) is 0 Å². The van der Waals surface area contributed by atoms with Gasteiger partial charge >= 0.3 is 5.97 Å². The zero-order chi connectivity index (χ0) is 23.4. The normalized spacial score (nSPS) is 15.3. The first kappa shape index (κ1) is 23.3. The summed E-state index contributed by atoms with van der Waals surface area (Å²) < 4.78 is 10.7. The van der Waals surface area contributed by atoms with Crippen LogP contribution in [0.5, 0.6) is 5.75 Å². The van der Waals surface area contributed by atoms with Crippen molar-refractivity contribution in [2.24, 2.45) is 0 Å². The van der Waals surface area contributed by atoms with Crippen molar-refractivity contribution >= 4 is 16.9 Å². The summed E-state index contributed by atoms with van der Waals surface area (Å²) in [6.45, 7) is 9.27. The van der Waals surface area contributed by atoms with Crippen molar-refractivity contribution in [3.63, 3.8) is 0 Å². The lowest BCUT2D eigenvalue weighted by molar-refractivity contribution is 0.0600. The third-order valence-corrected chi connectivity index (χ3v) is 6.89. The van der Waals surface area contributed by atoms with Crippen molar-refractivity contribution in [2.75, 3.05) is 40.4 Å². The number of carbonyl (C=O) groups is 1. The molecule has 2 aromatic carbocycles. The van der Waals surface area contributed by atoms with Crippen molar-refractivity contribution < 1.29 is 14.3 Å². The molecular formula is C27H35N3O3. The van der Waals surface area contributed by atoms with Crippen LogP contribution in [0.3, 0.4) is 0 Å². The molecule has 6 nitrogen and oxygen atoms in total. The van der Waals surface area contributed by atoms with Crippen LogP contribution in [0, 0.1) is 6.92 Å². The molecule has 1 aliphatic rings. The number of aromatic amines is 1. The molecule has 0 amide bonds. The quantitative estimate of drug-likeness (QED) is 0.470. The van der Waals surface area contributed by atoms with Gasteiger partial charge in [0, 0.05) is 41.8 Å². The van der Waals surface area contributed by atoms with Crippen LogP contribution in [0.25, 0.3) is 10.9 Å². The van der Waals surface area contributed by atoms with Crippen LogP contribution >= 0.6 is 0 Å². The van der Waals surface area contributed by atoms with Crippen LogP contribution in [-0.4, -0.2) is 61.2 Å². The zero-order valence-electron chi connectivity index (χ0n) is 20.2. The van der Waals surface area contributed by atoms with E-state index in [0.29, 0.717) is 5.56 Å².